The second-order valence-electron chi connectivity index (χ2n) is 4.43. The summed E-state index contributed by atoms with van der Waals surface area (Å²) in [6.45, 7) is 2.91. The normalized spacial score (nSPS) is 10.5. The average molecular weight is 627 g/mol. The molecule has 0 aliphatic heterocycles. The van der Waals surface area contributed by atoms with Crippen molar-refractivity contribution >= 4 is 85.3 Å². The minimum atomic E-state index is -0.556. The molecule has 116 valence electrons. The Kier molecular flexibility index (Phi) is 7.95. The number of anilines is 1. The fourth-order valence-electron chi connectivity index (χ4n) is 1.84. The lowest BCUT2D eigenvalue weighted by Crippen LogP contribution is -2.23. The molecule has 2 amide bonds. The van der Waals surface area contributed by atoms with Crippen molar-refractivity contribution in [2.45, 2.75) is 26.2 Å². The first-order valence-electron chi connectivity index (χ1n) is 6.36. The summed E-state index contributed by atoms with van der Waals surface area (Å²) in [5.74, 6) is -1.11. The van der Waals surface area contributed by atoms with Crippen molar-refractivity contribution in [3.63, 3.8) is 0 Å². The Morgan fingerprint density at radius 1 is 0.952 bits per heavy atom. The van der Waals surface area contributed by atoms with E-state index in [2.05, 4.69) is 57.4 Å². The maximum Gasteiger partial charge on any atom is 0.250 e. The Balaban J connectivity index is 3.35. The average Bonchev–Trinajstić information content (AvgIpc) is 2.36. The Morgan fingerprint density at radius 3 is 1.81 bits per heavy atom. The van der Waals surface area contributed by atoms with Gasteiger partial charge < -0.3 is 16.8 Å². The molecule has 0 saturated carbocycles. The number of hydrogen-bond donors (Lipinski definition) is 3. The molecule has 0 heterocycles. The number of rotatable bonds is 7. The second-order valence-corrected chi connectivity index (χ2v) is 7.67. The van der Waals surface area contributed by atoms with Crippen LogP contribution in [-0.4, -0.2) is 18.4 Å². The van der Waals surface area contributed by atoms with E-state index in [1.807, 2.05) is 22.6 Å². The van der Waals surface area contributed by atoms with Crippen LogP contribution >= 0.6 is 67.8 Å². The van der Waals surface area contributed by atoms with Gasteiger partial charge in [-0.25, -0.2) is 0 Å². The van der Waals surface area contributed by atoms with Crippen LogP contribution in [-0.2, 0) is 0 Å². The molecule has 0 radical (unpaired) electrons. The van der Waals surface area contributed by atoms with E-state index in [0.29, 0.717) is 14.7 Å². The van der Waals surface area contributed by atoms with Crippen LogP contribution in [0.4, 0.5) is 5.69 Å². The molecule has 5 N–H and O–H groups in total. The highest BCUT2D eigenvalue weighted by Gasteiger charge is 2.25. The zero-order valence-electron chi connectivity index (χ0n) is 11.4. The van der Waals surface area contributed by atoms with Crippen LogP contribution < -0.4 is 16.8 Å². The molecule has 21 heavy (non-hydrogen) atoms. The third-order valence-electron chi connectivity index (χ3n) is 2.89. The van der Waals surface area contributed by atoms with E-state index in [-0.39, 0.29) is 0 Å². The molecule has 5 nitrogen and oxygen atoms in total. The van der Waals surface area contributed by atoms with Gasteiger partial charge in [-0.05, 0) is 74.2 Å². The molecular formula is C13H16I3N3O2. The minimum Gasteiger partial charge on any atom is -0.383 e. The lowest BCUT2D eigenvalue weighted by atomic mass is 10.1. The first kappa shape index (κ1) is 19.2. The summed E-state index contributed by atoms with van der Waals surface area (Å²) in [7, 11) is 0. The largest absolute Gasteiger partial charge is 0.383 e. The molecule has 1 aromatic carbocycles. The topological polar surface area (TPSA) is 98.2 Å². The zero-order chi connectivity index (χ0) is 16.2. The fraction of sp³-hybridized carbons (Fsp3) is 0.385. The number of benzene rings is 1. The summed E-state index contributed by atoms with van der Waals surface area (Å²) in [5, 5.41) is 3.30. The predicted molar refractivity (Wildman–Crippen MR) is 110 cm³/mol. The third kappa shape index (κ3) is 4.56. The van der Waals surface area contributed by atoms with Crippen LogP contribution in [0.25, 0.3) is 0 Å². The lowest BCUT2D eigenvalue weighted by molar-refractivity contribution is 0.0998. The van der Waals surface area contributed by atoms with E-state index in [1.54, 1.807) is 0 Å². The van der Waals surface area contributed by atoms with Crippen molar-refractivity contribution < 1.29 is 9.59 Å². The highest BCUT2D eigenvalue weighted by molar-refractivity contribution is 14.1. The molecule has 0 spiro atoms. The number of primary amides is 2. The Morgan fingerprint density at radius 2 is 1.43 bits per heavy atom. The minimum absolute atomic E-state index is 0.350. The number of nitrogens with one attached hydrogen (secondary N) is 1. The molecule has 0 aliphatic carbocycles. The van der Waals surface area contributed by atoms with E-state index in [1.165, 1.54) is 0 Å². The molecule has 8 heteroatoms. The highest BCUT2D eigenvalue weighted by Crippen LogP contribution is 2.35. The molecule has 0 saturated heterocycles. The first-order valence-corrected chi connectivity index (χ1v) is 9.60. The SMILES string of the molecule is CCCCCNc1c(I)c(C(N)=O)c(I)c(C(N)=O)c1I. The first-order chi connectivity index (χ1) is 9.82. The predicted octanol–water partition coefficient (Wildman–Crippen LogP) is 3.30. The van der Waals surface area contributed by atoms with Gasteiger partial charge in [0.1, 0.15) is 0 Å². The number of hydrogen-bond acceptors (Lipinski definition) is 3. The van der Waals surface area contributed by atoms with Gasteiger partial charge in [-0.1, -0.05) is 19.8 Å². The molecule has 0 bridgehead atoms. The summed E-state index contributed by atoms with van der Waals surface area (Å²) >= 11 is 6.12. The highest BCUT2D eigenvalue weighted by atomic mass is 127. The standard InChI is InChI=1S/C13H16I3N3O2/c1-2-3-4-5-19-11-9(15)6(12(17)20)8(14)7(10(11)16)13(18)21/h19H,2-5H2,1H3,(H2,17,20)(H2,18,21). The maximum atomic E-state index is 11.7. The van der Waals surface area contributed by atoms with Crippen LogP contribution in [0.3, 0.4) is 0 Å². The summed E-state index contributed by atoms with van der Waals surface area (Å²) in [6, 6.07) is 0. The van der Waals surface area contributed by atoms with Gasteiger partial charge in [0.2, 0.25) is 0 Å². The van der Waals surface area contributed by atoms with Crippen LogP contribution in [0.5, 0.6) is 0 Å². The Bertz CT molecular complexity index is 535. The number of unbranched alkanes of at least 4 members (excludes halogenated alkanes) is 2. The van der Waals surface area contributed by atoms with E-state index >= 15 is 0 Å². The molecule has 1 aromatic rings. The van der Waals surface area contributed by atoms with Gasteiger partial charge in [0.25, 0.3) is 11.8 Å². The summed E-state index contributed by atoms with van der Waals surface area (Å²) in [4.78, 5) is 23.4. The smallest absolute Gasteiger partial charge is 0.250 e. The van der Waals surface area contributed by atoms with Gasteiger partial charge >= 0.3 is 0 Å². The van der Waals surface area contributed by atoms with Gasteiger partial charge in [0.15, 0.2) is 0 Å². The molecule has 1 rings (SSSR count). The summed E-state index contributed by atoms with van der Waals surface area (Å²) in [6.07, 6.45) is 3.27. The molecule has 0 aliphatic rings. The van der Waals surface area contributed by atoms with E-state index in [9.17, 15) is 9.59 Å². The number of amides is 2. The van der Waals surface area contributed by atoms with Crippen molar-refractivity contribution in [2.24, 2.45) is 11.5 Å². The van der Waals surface area contributed by atoms with Gasteiger partial charge in [-0.2, -0.15) is 0 Å². The zero-order valence-corrected chi connectivity index (χ0v) is 17.9. The van der Waals surface area contributed by atoms with Gasteiger partial charge in [0, 0.05) is 10.1 Å². The van der Waals surface area contributed by atoms with Gasteiger partial charge in [-0.3, -0.25) is 9.59 Å². The number of carbonyl (C=O) groups is 2. The lowest BCUT2D eigenvalue weighted by Gasteiger charge is -2.17. The fourth-order valence-corrected chi connectivity index (χ4v) is 6.45. The van der Waals surface area contributed by atoms with Crippen LogP contribution in [0.15, 0.2) is 0 Å². The number of nitrogens with two attached hydrogens (primary N) is 2. The second kappa shape index (κ2) is 8.70. The van der Waals surface area contributed by atoms with Crippen LogP contribution in [0.2, 0.25) is 0 Å². The van der Waals surface area contributed by atoms with E-state index in [4.69, 9.17) is 11.5 Å². The van der Waals surface area contributed by atoms with Crippen molar-refractivity contribution in [1.29, 1.82) is 0 Å². The molecular weight excluding hydrogens is 611 g/mol. The number of halogens is 3. The Labute approximate surface area is 164 Å². The van der Waals surface area contributed by atoms with Gasteiger partial charge in [0.05, 0.1) is 24.0 Å². The maximum absolute atomic E-state index is 11.7. The number of carbonyl (C=O) groups excluding carboxylic acids is 2. The van der Waals surface area contributed by atoms with Crippen molar-refractivity contribution in [1.82, 2.24) is 0 Å². The molecule has 0 atom stereocenters. The summed E-state index contributed by atoms with van der Waals surface area (Å²) < 4.78 is 1.98. The molecule has 0 aromatic heterocycles. The monoisotopic (exact) mass is 627 g/mol. The van der Waals surface area contributed by atoms with Crippen LogP contribution in [0.1, 0.15) is 46.9 Å². The van der Waals surface area contributed by atoms with Crippen molar-refractivity contribution in [2.75, 3.05) is 11.9 Å². The van der Waals surface area contributed by atoms with E-state index < -0.39 is 11.8 Å². The van der Waals surface area contributed by atoms with Crippen molar-refractivity contribution in [3.05, 3.63) is 21.8 Å². The van der Waals surface area contributed by atoms with Gasteiger partial charge in [-0.15, -0.1) is 0 Å². The van der Waals surface area contributed by atoms with Crippen molar-refractivity contribution in [3.8, 4) is 0 Å². The third-order valence-corrected chi connectivity index (χ3v) is 6.13. The van der Waals surface area contributed by atoms with E-state index in [0.717, 1.165) is 38.6 Å². The molecule has 0 unspecified atom stereocenters. The van der Waals surface area contributed by atoms with Crippen LogP contribution in [0, 0.1) is 10.7 Å². The molecule has 0 fully saturated rings. The Hall–Kier alpha value is 0.150. The quantitative estimate of drug-likeness (QED) is 0.320. The summed E-state index contributed by atoms with van der Waals surface area (Å²) in [5.41, 5.74) is 12.4.